The maximum absolute atomic E-state index is 6.20. The summed E-state index contributed by atoms with van der Waals surface area (Å²) in [5.74, 6) is 1.33. The molecule has 21 heavy (non-hydrogen) atoms. The van der Waals surface area contributed by atoms with Crippen LogP contribution < -0.4 is 10.1 Å². The van der Waals surface area contributed by atoms with Crippen LogP contribution in [0.5, 0.6) is 11.6 Å². The van der Waals surface area contributed by atoms with Gasteiger partial charge in [0.05, 0.1) is 10.7 Å². The van der Waals surface area contributed by atoms with Crippen LogP contribution in [0.25, 0.3) is 0 Å². The lowest BCUT2D eigenvalue weighted by atomic mass is 10.1. The molecule has 112 valence electrons. The number of aromatic nitrogens is 1. The van der Waals surface area contributed by atoms with E-state index in [2.05, 4.69) is 31.1 Å². The monoisotopic (exact) mass is 304 g/mol. The van der Waals surface area contributed by atoms with Crippen LogP contribution in [0.1, 0.15) is 32.0 Å². The first-order valence-electron chi connectivity index (χ1n) is 6.98. The first kappa shape index (κ1) is 15.8. The number of benzene rings is 1. The molecule has 0 unspecified atom stereocenters. The van der Waals surface area contributed by atoms with Gasteiger partial charge in [0.1, 0.15) is 5.75 Å². The Kier molecular flexibility index (Phi) is 4.86. The van der Waals surface area contributed by atoms with E-state index >= 15 is 0 Å². The van der Waals surface area contributed by atoms with Gasteiger partial charge in [-0.05, 0) is 51.5 Å². The summed E-state index contributed by atoms with van der Waals surface area (Å²) < 4.78 is 5.79. The molecule has 0 aliphatic heterocycles. The van der Waals surface area contributed by atoms with Gasteiger partial charge in [-0.15, -0.1) is 0 Å². The second-order valence-corrected chi connectivity index (χ2v) is 6.51. The van der Waals surface area contributed by atoms with Crippen LogP contribution in [0.2, 0.25) is 5.02 Å². The number of aryl methyl sites for hydroxylation is 1. The molecule has 0 saturated carbocycles. The van der Waals surface area contributed by atoms with Crippen molar-refractivity contribution in [2.24, 2.45) is 0 Å². The highest BCUT2D eigenvalue weighted by Gasteiger charge is 2.12. The predicted octanol–water partition coefficient (Wildman–Crippen LogP) is 4.72. The maximum Gasteiger partial charge on any atom is 0.219 e. The molecule has 0 aliphatic carbocycles. The predicted molar refractivity (Wildman–Crippen MR) is 87.1 cm³/mol. The van der Waals surface area contributed by atoms with Gasteiger partial charge in [0, 0.05) is 18.2 Å². The molecule has 0 atom stereocenters. The third-order valence-corrected chi connectivity index (χ3v) is 3.24. The minimum Gasteiger partial charge on any atom is -0.439 e. The number of nitrogens with zero attached hydrogens (tertiary/aromatic N) is 1. The number of hydrogen-bond acceptors (Lipinski definition) is 3. The first-order valence-corrected chi connectivity index (χ1v) is 7.36. The van der Waals surface area contributed by atoms with Crippen molar-refractivity contribution in [1.29, 1.82) is 0 Å². The molecule has 0 amide bonds. The van der Waals surface area contributed by atoms with E-state index in [1.807, 2.05) is 37.3 Å². The molecule has 1 aromatic heterocycles. The van der Waals surface area contributed by atoms with Crippen molar-refractivity contribution >= 4 is 11.6 Å². The van der Waals surface area contributed by atoms with Gasteiger partial charge in [-0.3, -0.25) is 0 Å². The van der Waals surface area contributed by atoms with Crippen LogP contribution in [0.15, 0.2) is 36.4 Å². The Hall–Kier alpha value is -1.58. The van der Waals surface area contributed by atoms with Crippen molar-refractivity contribution in [1.82, 2.24) is 10.3 Å². The zero-order valence-electron chi connectivity index (χ0n) is 12.9. The standard InChI is InChI=1S/C17H21ClN2O/c1-12-6-5-7-13(10-12)21-16-9-8-14(18)15(20-16)11-19-17(2,3)4/h5-10,19H,11H2,1-4H3. The second kappa shape index (κ2) is 6.46. The summed E-state index contributed by atoms with van der Waals surface area (Å²) >= 11 is 6.20. The van der Waals surface area contributed by atoms with Gasteiger partial charge in [0.2, 0.25) is 5.88 Å². The Balaban J connectivity index is 2.14. The topological polar surface area (TPSA) is 34.1 Å². The molecule has 2 rings (SSSR count). The van der Waals surface area contributed by atoms with Gasteiger partial charge >= 0.3 is 0 Å². The first-order chi connectivity index (χ1) is 9.83. The minimum absolute atomic E-state index is 0.0123. The molecule has 0 radical (unpaired) electrons. The van der Waals surface area contributed by atoms with E-state index in [0.29, 0.717) is 17.4 Å². The summed E-state index contributed by atoms with van der Waals surface area (Å²) in [5.41, 5.74) is 1.95. The number of rotatable bonds is 4. The molecule has 1 heterocycles. The van der Waals surface area contributed by atoms with Gasteiger partial charge in [0.25, 0.3) is 0 Å². The summed E-state index contributed by atoms with van der Waals surface area (Å²) in [6.45, 7) is 8.95. The minimum atomic E-state index is 0.0123. The lowest BCUT2D eigenvalue weighted by molar-refractivity contribution is 0.416. The molecule has 0 fully saturated rings. The van der Waals surface area contributed by atoms with Crippen LogP contribution in [-0.4, -0.2) is 10.5 Å². The Labute approximate surface area is 131 Å². The normalized spacial score (nSPS) is 11.5. The molecule has 0 spiro atoms. The van der Waals surface area contributed by atoms with E-state index in [9.17, 15) is 0 Å². The largest absolute Gasteiger partial charge is 0.439 e. The summed E-state index contributed by atoms with van der Waals surface area (Å²) in [6.07, 6.45) is 0. The molecule has 0 saturated heterocycles. The average Bonchev–Trinajstić information content (AvgIpc) is 2.38. The Morgan fingerprint density at radius 1 is 1.19 bits per heavy atom. The van der Waals surface area contributed by atoms with Crippen molar-refractivity contribution in [2.45, 2.75) is 39.8 Å². The SMILES string of the molecule is Cc1cccc(Oc2ccc(Cl)c(CNC(C)(C)C)n2)c1. The second-order valence-electron chi connectivity index (χ2n) is 6.10. The van der Waals surface area contributed by atoms with Crippen molar-refractivity contribution < 1.29 is 4.74 Å². The quantitative estimate of drug-likeness (QED) is 0.887. The highest BCUT2D eigenvalue weighted by molar-refractivity contribution is 6.31. The van der Waals surface area contributed by atoms with Crippen LogP contribution in [0, 0.1) is 6.92 Å². The third kappa shape index (κ3) is 5.03. The molecule has 4 heteroatoms. The number of halogens is 1. The maximum atomic E-state index is 6.20. The third-order valence-electron chi connectivity index (χ3n) is 2.89. The smallest absolute Gasteiger partial charge is 0.219 e. The van der Waals surface area contributed by atoms with E-state index in [1.54, 1.807) is 6.07 Å². The molecule has 1 N–H and O–H groups in total. The zero-order chi connectivity index (χ0) is 15.5. The number of nitrogens with one attached hydrogen (secondary N) is 1. The van der Waals surface area contributed by atoms with Crippen molar-refractivity contribution in [3.05, 3.63) is 52.7 Å². The molecule has 1 aromatic carbocycles. The van der Waals surface area contributed by atoms with Crippen LogP contribution in [0.4, 0.5) is 0 Å². The molecule has 0 aliphatic rings. The van der Waals surface area contributed by atoms with Gasteiger partial charge in [0.15, 0.2) is 0 Å². The van der Waals surface area contributed by atoms with E-state index in [0.717, 1.165) is 17.0 Å². The van der Waals surface area contributed by atoms with Gasteiger partial charge in [-0.25, -0.2) is 4.98 Å². The summed E-state index contributed by atoms with van der Waals surface area (Å²) in [4.78, 5) is 4.48. The van der Waals surface area contributed by atoms with Gasteiger partial charge in [-0.1, -0.05) is 23.7 Å². The summed E-state index contributed by atoms with van der Waals surface area (Å²) in [6, 6.07) is 11.5. The lowest BCUT2D eigenvalue weighted by Gasteiger charge is -2.20. The van der Waals surface area contributed by atoms with Crippen molar-refractivity contribution in [2.75, 3.05) is 0 Å². The van der Waals surface area contributed by atoms with Crippen LogP contribution >= 0.6 is 11.6 Å². The number of ether oxygens (including phenoxy) is 1. The number of pyridine rings is 1. The van der Waals surface area contributed by atoms with Crippen LogP contribution in [0.3, 0.4) is 0 Å². The Morgan fingerprint density at radius 3 is 2.62 bits per heavy atom. The highest BCUT2D eigenvalue weighted by Crippen LogP contribution is 2.24. The zero-order valence-corrected chi connectivity index (χ0v) is 13.7. The molecular formula is C17H21ClN2O. The molecule has 0 bridgehead atoms. The van der Waals surface area contributed by atoms with E-state index in [1.165, 1.54) is 0 Å². The Morgan fingerprint density at radius 2 is 1.95 bits per heavy atom. The molecular weight excluding hydrogens is 284 g/mol. The average molecular weight is 305 g/mol. The van der Waals surface area contributed by atoms with Gasteiger partial charge in [-0.2, -0.15) is 0 Å². The summed E-state index contributed by atoms with van der Waals surface area (Å²) in [5, 5.41) is 4.02. The van der Waals surface area contributed by atoms with E-state index < -0.39 is 0 Å². The lowest BCUT2D eigenvalue weighted by Crippen LogP contribution is -2.35. The fraction of sp³-hybridized carbons (Fsp3) is 0.353. The Bertz CT molecular complexity index is 620. The van der Waals surface area contributed by atoms with Crippen molar-refractivity contribution in [3.8, 4) is 11.6 Å². The summed E-state index contributed by atoms with van der Waals surface area (Å²) in [7, 11) is 0. The van der Waals surface area contributed by atoms with Crippen LogP contribution in [-0.2, 0) is 6.54 Å². The molecule has 3 nitrogen and oxygen atoms in total. The molecule has 2 aromatic rings. The highest BCUT2D eigenvalue weighted by atomic mass is 35.5. The number of hydrogen-bond donors (Lipinski definition) is 1. The van der Waals surface area contributed by atoms with E-state index in [-0.39, 0.29) is 5.54 Å². The van der Waals surface area contributed by atoms with Crippen molar-refractivity contribution in [3.63, 3.8) is 0 Å². The fourth-order valence-corrected chi connectivity index (χ4v) is 1.97. The van der Waals surface area contributed by atoms with Gasteiger partial charge < -0.3 is 10.1 Å². The fourth-order valence-electron chi connectivity index (χ4n) is 1.79. The van der Waals surface area contributed by atoms with E-state index in [4.69, 9.17) is 16.3 Å².